The molecule has 0 aromatic carbocycles. The number of allylic oxidation sites excluding steroid dienone is 1. The molecule has 1 aromatic rings. The zero-order chi connectivity index (χ0) is 8.27. The SMILES string of the molecule is CC=Cc1nc(Cl)nc(Cl)n1. The van der Waals surface area contributed by atoms with Crippen molar-refractivity contribution in [1.29, 1.82) is 0 Å². The summed E-state index contributed by atoms with van der Waals surface area (Å²) in [6.45, 7) is 1.85. The standard InChI is InChI=1S/C6H5Cl2N3/c1-2-3-4-9-5(7)11-6(8)10-4/h2-3H,1H3. The van der Waals surface area contributed by atoms with E-state index in [4.69, 9.17) is 23.2 Å². The van der Waals surface area contributed by atoms with Gasteiger partial charge >= 0.3 is 0 Å². The van der Waals surface area contributed by atoms with Gasteiger partial charge in [0, 0.05) is 0 Å². The smallest absolute Gasteiger partial charge is 0.198 e. The molecule has 0 bridgehead atoms. The molecule has 0 unspecified atom stereocenters. The summed E-state index contributed by atoms with van der Waals surface area (Å²) in [7, 11) is 0. The van der Waals surface area contributed by atoms with E-state index in [1.165, 1.54) is 0 Å². The molecule has 0 fully saturated rings. The van der Waals surface area contributed by atoms with Crippen LogP contribution in [0.15, 0.2) is 6.08 Å². The second-order valence-corrected chi connectivity index (χ2v) is 2.41. The summed E-state index contributed by atoms with van der Waals surface area (Å²) in [5.41, 5.74) is 0. The summed E-state index contributed by atoms with van der Waals surface area (Å²) in [4.78, 5) is 11.2. The third kappa shape index (κ3) is 2.44. The third-order valence-corrected chi connectivity index (χ3v) is 1.25. The Kier molecular flexibility index (Phi) is 2.79. The minimum atomic E-state index is 0.109. The predicted octanol–water partition coefficient (Wildman–Crippen LogP) is 2.21. The highest BCUT2D eigenvalue weighted by Crippen LogP contribution is 2.06. The molecule has 0 aliphatic heterocycles. The molecule has 0 saturated heterocycles. The summed E-state index contributed by atoms with van der Waals surface area (Å²) in [6, 6.07) is 0. The van der Waals surface area contributed by atoms with Crippen LogP contribution in [0.25, 0.3) is 6.08 Å². The molecule has 11 heavy (non-hydrogen) atoms. The topological polar surface area (TPSA) is 38.7 Å². The minimum Gasteiger partial charge on any atom is -0.198 e. The molecule has 1 aromatic heterocycles. The van der Waals surface area contributed by atoms with Gasteiger partial charge in [-0.3, -0.25) is 0 Å². The van der Waals surface area contributed by atoms with Crippen LogP contribution in [0, 0.1) is 0 Å². The zero-order valence-corrected chi connectivity index (χ0v) is 7.26. The van der Waals surface area contributed by atoms with Gasteiger partial charge in [0.1, 0.15) is 0 Å². The molecular weight excluding hydrogens is 185 g/mol. The average Bonchev–Trinajstić information content (AvgIpc) is 1.85. The van der Waals surface area contributed by atoms with Crippen molar-refractivity contribution in [3.05, 3.63) is 22.5 Å². The normalized spacial score (nSPS) is 10.8. The van der Waals surface area contributed by atoms with Crippen LogP contribution < -0.4 is 0 Å². The molecule has 58 valence electrons. The number of nitrogens with zero attached hydrogens (tertiary/aromatic N) is 3. The van der Waals surface area contributed by atoms with Crippen molar-refractivity contribution in [3.8, 4) is 0 Å². The van der Waals surface area contributed by atoms with Crippen molar-refractivity contribution in [3.63, 3.8) is 0 Å². The molecule has 1 rings (SSSR count). The van der Waals surface area contributed by atoms with Crippen LogP contribution in [0.3, 0.4) is 0 Å². The van der Waals surface area contributed by atoms with E-state index < -0.39 is 0 Å². The van der Waals surface area contributed by atoms with Gasteiger partial charge < -0.3 is 0 Å². The molecule has 0 saturated carbocycles. The fraction of sp³-hybridized carbons (Fsp3) is 0.167. The molecular formula is C6H5Cl2N3. The highest BCUT2D eigenvalue weighted by molar-refractivity contribution is 6.31. The Morgan fingerprint density at radius 3 is 2.09 bits per heavy atom. The highest BCUT2D eigenvalue weighted by Gasteiger charge is 1.97. The second-order valence-electron chi connectivity index (χ2n) is 1.73. The molecule has 1 heterocycles. The van der Waals surface area contributed by atoms with E-state index in [1.807, 2.05) is 6.92 Å². The van der Waals surface area contributed by atoms with Gasteiger partial charge in [0.25, 0.3) is 0 Å². The van der Waals surface area contributed by atoms with Crippen molar-refractivity contribution in [2.75, 3.05) is 0 Å². The van der Waals surface area contributed by atoms with Crippen molar-refractivity contribution in [1.82, 2.24) is 15.0 Å². The Hall–Kier alpha value is -0.670. The Morgan fingerprint density at radius 1 is 1.09 bits per heavy atom. The lowest BCUT2D eigenvalue weighted by molar-refractivity contribution is 1.03. The summed E-state index contributed by atoms with van der Waals surface area (Å²) in [6.07, 6.45) is 3.49. The number of rotatable bonds is 1. The van der Waals surface area contributed by atoms with Crippen LogP contribution in [-0.4, -0.2) is 15.0 Å². The van der Waals surface area contributed by atoms with E-state index in [2.05, 4.69) is 15.0 Å². The largest absolute Gasteiger partial charge is 0.227 e. The number of hydrogen-bond acceptors (Lipinski definition) is 3. The maximum atomic E-state index is 5.51. The maximum absolute atomic E-state index is 5.51. The Labute approximate surface area is 74.1 Å². The van der Waals surface area contributed by atoms with Gasteiger partial charge in [-0.05, 0) is 36.2 Å². The van der Waals surface area contributed by atoms with Gasteiger partial charge in [0.2, 0.25) is 10.6 Å². The fourth-order valence-corrected chi connectivity index (χ4v) is 0.940. The van der Waals surface area contributed by atoms with Crippen LogP contribution in [0.2, 0.25) is 10.6 Å². The number of hydrogen-bond donors (Lipinski definition) is 0. The average molecular weight is 190 g/mol. The Bertz CT molecular complexity index is 265. The molecule has 0 amide bonds. The Balaban J connectivity index is 3.08. The fourth-order valence-electron chi connectivity index (χ4n) is 0.564. The second kappa shape index (κ2) is 3.64. The maximum Gasteiger partial charge on any atom is 0.227 e. The van der Waals surface area contributed by atoms with Crippen LogP contribution in [0.4, 0.5) is 0 Å². The first-order chi connectivity index (χ1) is 5.22. The van der Waals surface area contributed by atoms with Crippen molar-refractivity contribution < 1.29 is 0 Å². The van der Waals surface area contributed by atoms with Gasteiger partial charge in [0.15, 0.2) is 5.82 Å². The van der Waals surface area contributed by atoms with Crippen molar-refractivity contribution in [2.45, 2.75) is 6.92 Å². The third-order valence-electron chi connectivity index (χ3n) is 0.914. The molecule has 0 aliphatic carbocycles. The predicted molar refractivity (Wildman–Crippen MR) is 44.6 cm³/mol. The monoisotopic (exact) mass is 189 g/mol. The number of aromatic nitrogens is 3. The van der Waals surface area contributed by atoms with Crippen LogP contribution >= 0.6 is 23.2 Å². The van der Waals surface area contributed by atoms with E-state index in [9.17, 15) is 0 Å². The first-order valence-electron chi connectivity index (χ1n) is 2.92. The van der Waals surface area contributed by atoms with Crippen LogP contribution in [0.5, 0.6) is 0 Å². The summed E-state index contributed by atoms with van der Waals surface area (Å²) >= 11 is 11.0. The van der Waals surface area contributed by atoms with Crippen molar-refractivity contribution >= 4 is 29.3 Å². The van der Waals surface area contributed by atoms with Gasteiger partial charge in [-0.2, -0.15) is 15.0 Å². The van der Waals surface area contributed by atoms with Gasteiger partial charge in [-0.15, -0.1) is 0 Å². The molecule has 0 aliphatic rings. The van der Waals surface area contributed by atoms with E-state index in [0.717, 1.165) is 0 Å². The van der Waals surface area contributed by atoms with E-state index in [0.29, 0.717) is 5.82 Å². The quantitative estimate of drug-likeness (QED) is 0.681. The van der Waals surface area contributed by atoms with Crippen molar-refractivity contribution in [2.24, 2.45) is 0 Å². The van der Waals surface area contributed by atoms with Gasteiger partial charge in [-0.25, -0.2) is 0 Å². The highest BCUT2D eigenvalue weighted by atomic mass is 35.5. The molecule has 0 spiro atoms. The lowest BCUT2D eigenvalue weighted by Crippen LogP contribution is -1.91. The number of halogens is 2. The van der Waals surface area contributed by atoms with E-state index >= 15 is 0 Å². The summed E-state index contributed by atoms with van der Waals surface area (Å²) in [5, 5.41) is 0.219. The molecule has 0 radical (unpaired) electrons. The molecule has 5 heteroatoms. The van der Waals surface area contributed by atoms with Gasteiger partial charge in [0.05, 0.1) is 0 Å². The van der Waals surface area contributed by atoms with Gasteiger partial charge in [-0.1, -0.05) is 6.08 Å². The summed E-state index contributed by atoms with van der Waals surface area (Å²) in [5.74, 6) is 0.470. The van der Waals surface area contributed by atoms with E-state index in [1.54, 1.807) is 12.2 Å². The Morgan fingerprint density at radius 2 is 1.64 bits per heavy atom. The first-order valence-corrected chi connectivity index (χ1v) is 3.67. The lowest BCUT2D eigenvalue weighted by atomic mass is 10.5. The van der Waals surface area contributed by atoms with Crippen LogP contribution in [-0.2, 0) is 0 Å². The molecule has 0 N–H and O–H groups in total. The molecule has 0 atom stereocenters. The molecule has 3 nitrogen and oxygen atoms in total. The zero-order valence-electron chi connectivity index (χ0n) is 5.75. The minimum absolute atomic E-state index is 0.109. The lowest BCUT2D eigenvalue weighted by Gasteiger charge is -1.92. The first kappa shape index (κ1) is 8.43. The van der Waals surface area contributed by atoms with E-state index in [-0.39, 0.29) is 10.6 Å². The van der Waals surface area contributed by atoms with Crippen LogP contribution in [0.1, 0.15) is 12.7 Å². The summed E-state index contributed by atoms with van der Waals surface area (Å²) < 4.78 is 0.